The summed E-state index contributed by atoms with van der Waals surface area (Å²) in [6.45, 7) is 1.65. The summed E-state index contributed by atoms with van der Waals surface area (Å²) in [6.07, 6.45) is 1.95. The van der Waals surface area contributed by atoms with Crippen LogP contribution in [0.4, 0.5) is 5.69 Å². The van der Waals surface area contributed by atoms with Gasteiger partial charge >= 0.3 is 5.97 Å². The number of likely N-dealkylation sites (N-methyl/N-ethyl adjacent to an activating group) is 1. The van der Waals surface area contributed by atoms with Gasteiger partial charge in [-0.2, -0.15) is 0 Å². The van der Waals surface area contributed by atoms with Crippen molar-refractivity contribution in [1.29, 1.82) is 0 Å². The van der Waals surface area contributed by atoms with E-state index in [1.165, 1.54) is 37.0 Å². The van der Waals surface area contributed by atoms with Crippen LogP contribution in [-0.4, -0.2) is 46.2 Å². The van der Waals surface area contributed by atoms with Crippen molar-refractivity contribution in [3.05, 3.63) is 33.9 Å². The van der Waals surface area contributed by atoms with Crippen LogP contribution >= 0.6 is 11.8 Å². The Kier molecular flexibility index (Phi) is 5.71. The minimum absolute atomic E-state index is 0.0988. The van der Waals surface area contributed by atoms with E-state index in [9.17, 15) is 19.7 Å². The Hall–Kier alpha value is -2.09. The molecule has 0 aliphatic heterocycles. The molecular weight excluding hydrogens is 296 g/mol. The van der Waals surface area contributed by atoms with Gasteiger partial charge in [-0.05, 0) is 24.8 Å². The molecule has 0 aromatic heterocycles. The summed E-state index contributed by atoms with van der Waals surface area (Å²) in [5.74, 6) is -1.66. The van der Waals surface area contributed by atoms with Crippen LogP contribution in [0.25, 0.3) is 0 Å². The molecule has 0 aliphatic rings. The van der Waals surface area contributed by atoms with Gasteiger partial charge in [0.2, 0.25) is 0 Å². The molecule has 7 nitrogen and oxygen atoms in total. The van der Waals surface area contributed by atoms with Crippen molar-refractivity contribution >= 4 is 29.3 Å². The van der Waals surface area contributed by atoms with Crippen LogP contribution < -0.4 is 0 Å². The third-order valence-electron chi connectivity index (χ3n) is 3.08. The van der Waals surface area contributed by atoms with E-state index in [4.69, 9.17) is 5.11 Å². The molecule has 21 heavy (non-hydrogen) atoms. The molecule has 0 saturated heterocycles. The lowest BCUT2D eigenvalue weighted by Gasteiger charge is -2.23. The molecule has 0 radical (unpaired) electrons. The minimum Gasteiger partial charge on any atom is -0.480 e. The molecule has 1 amide bonds. The zero-order valence-electron chi connectivity index (χ0n) is 11.9. The summed E-state index contributed by atoms with van der Waals surface area (Å²) in [7, 11) is 1.37. The predicted octanol–water partition coefficient (Wildman–Crippen LogP) is 2.25. The zero-order valence-corrected chi connectivity index (χ0v) is 12.7. The molecule has 1 unspecified atom stereocenters. The van der Waals surface area contributed by atoms with E-state index in [0.29, 0.717) is 4.90 Å². The van der Waals surface area contributed by atoms with Crippen LogP contribution in [0.5, 0.6) is 0 Å². The topological polar surface area (TPSA) is 101 Å². The van der Waals surface area contributed by atoms with Gasteiger partial charge in [-0.3, -0.25) is 14.9 Å². The van der Waals surface area contributed by atoms with Crippen LogP contribution in [0.2, 0.25) is 0 Å². The first-order chi connectivity index (χ1) is 9.83. The number of hydrogen-bond acceptors (Lipinski definition) is 5. The maximum absolute atomic E-state index is 12.3. The molecule has 0 heterocycles. The number of aliphatic carboxylic acids is 1. The number of hydrogen-bond donors (Lipinski definition) is 1. The lowest BCUT2D eigenvalue weighted by atomic mass is 10.1. The van der Waals surface area contributed by atoms with Gasteiger partial charge in [0.25, 0.3) is 11.6 Å². The Morgan fingerprint density at radius 1 is 1.48 bits per heavy atom. The molecule has 0 fully saturated rings. The summed E-state index contributed by atoms with van der Waals surface area (Å²) in [4.78, 5) is 35.3. The highest BCUT2D eigenvalue weighted by Gasteiger charge is 2.27. The van der Waals surface area contributed by atoms with Crippen LogP contribution in [-0.2, 0) is 4.79 Å². The van der Waals surface area contributed by atoms with Crippen molar-refractivity contribution < 1.29 is 19.6 Å². The van der Waals surface area contributed by atoms with Crippen LogP contribution in [0.1, 0.15) is 23.7 Å². The second kappa shape index (κ2) is 7.07. The van der Waals surface area contributed by atoms with E-state index < -0.39 is 22.8 Å². The van der Waals surface area contributed by atoms with Crippen molar-refractivity contribution in [2.45, 2.75) is 24.3 Å². The lowest BCUT2D eigenvalue weighted by Crippen LogP contribution is -2.41. The molecular formula is C13H16N2O5S. The minimum atomic E-state index is -1.11. The van der Waals surface area contributed by atoms with Crippen LogP contribution in [0, 0.1) is 10.1 Å². The van der Waals surface area contributed by atoms with Gasteiger partial charge in [0.1, 0.15) is 6.04 Å². The number of carboxylic acid groups (broad SMARTS) is 1. The monoisotopic (exact) mass is 312 g/mol. The number of thioether (sulfide) groups is 1. The molecule has 0 bridgehead atoms. The van der Waals surface area contributed by atoms with Crippen molar-refractivity contribution in [1.82, 2.24) is 4.90 Å². The second-order valence-electron chi connectivity index (χ2n) is 4.32. The number of carbonyl (C=O) groups excluding carboxylic acids is 1. The highest BCUT2D eigenvalue weighted by Crippen LogP contribution is 2.28. The predicted molar refractivity (Wildman–Crippen MR) is 78.7 cm³/mol. The SMILES string of the molecule is CCC(C(=O)O)N(C)C(=O)c1ccc(SC)c([N+](=O)[O-])c1. The summed E-state index contributed by atoms with van der Waals surface area (Å²) in [6, 6.07) is 3.17. The maximum Gasteiger partial charge on any atom is 0.326 e. The Morgan fingerprint density at radius 2 is 2.10 bits per heavy atom. The number of carboxylic acids is 1. The van der Waals surface area contributed by atoms with Gasteiger partial charge in [-0.15, -0.1) is 11.8 Å². The largest absolute Gasteiger partial charge is 0.480 e. The Bertz CT molecular complexity index is 576. The molecule has 0 spiro atoms. The molecule has 8 heteroatoms. The van der Waals surface area contributed by atoms with Gasteiger partial charge in [-0.1, -0.05) is 6.92 Å². The first-order valence-corrected chi connectivity index (χ1v) is 7.38. The third-order valence-corrected chi connectivity index (χ3v) is 3.87. The molecule has 0 aliphatic carbocycles. The first-order valence-electron chi connectivity index (χ1n) is 6.15. The normalized spacial score (nSPS) is 11.8. The highest BCUT2D eigenvalue weighted by molar-refractivity contribution is 7.98. The van der Waals surface area contributed by atoms with Crippen LogP contribution in [0.15, 0.2) is 23.1 Å². The van der Waals surface area contributed by atoms with E-state index in [-0.39, 0.29) is 17.7 Å². The van der Waals surface area contributed by atoms with Gasteiger partial charge < -0.3 is 10.0 Å². The number of carbonyl (C=O) groups is 2. The van der Waals surface area contributed by atoms with Gasteiger partial charge in [0, 0.05) is 18.7 Å². The third kappa shape index (κ3) is 3.72. The number of rotatable bonds is 6. The molecule has 1 N–H and O–H groups in total. The Labute approximate surface area is 126 Å². The molecule has 1 aromatic carbocycles. The summed E-state index contributed by atoms with van der Waals surface area (Å²) in [5.41, 5.74) is -0.0631. The first kappa shape index (κ1) is 17.0. The van der Waals surface area contributed by atoms with Crippen molar-refractivity contribution in [2.75, 3.05) is 13.3 Å². The molecule has 1 atom stereocenters. The zero-order chi connectivity index (χ0) is 16.2. The molecule has 1 aromatic rings. The molecule has 114 valence electrons. The average molecular weight is 312 g/mol. The average Bonchev–Trinajstić information content (AvgIpc) is 2.45. The second-order valence-corrected chi connectivity index (χ2v) is 5.17. The number of nitro groups is 1. The fourth-order valence-corrected chi connectivity index (χ4v) is 2.47. The quantitative estimate of drug-likeness (QED) is 0.491. The van der Waals surface area contributed by atoms with Gasteiger partial charge in [0.15, 0.2) is 0 Å². The molecule has 1 rings (SSSR count). The summed E-state index contributed by atoms with van der Waals surface area (Å²) >= 11 is 1.21. The standard InChI is InChI=1S/C13H16N2O5S/c1-4-9(13(17)18)14(2)12(16)8-5-6-11(21-3)10(7-8)15(19)20/h5-7,9H,4H2,1-3H3,(H,17,18). The maximum atomic E-state index is 12.3. The van der Waals surface area contributed by atoms with Crippen LogP contribution in [0.3, 0.4) is 0 Å². The number of nitro benzene ring substituents is 1. The Balaban J connectivity index is 3.16. The smallest absolute Gasteiger partial charge is 0.326 e. The van der Waals surface area contributed by atoms with Gasteiger partial charge in [0.05, 0.1) is 9.82 Å². The Morgan fingerprint density at radius 3 is 2.52 bits per heavy atom. The highest BCUT2D eigenvalue weighted by atomic mass is 32.2. The van der Waals surface area contributed by atoms with Crippen molar-refractivity contribution in [3.63, 3.8) is 0 Å². The van der Waals surface area contributed by atoms with E-state index in [1.54, 1.807) is 13.2 Å². The summed E-state index contributed by atoms with van der Waals surface area (Å²) in [5, 5.41) is 20.1. The van der Waals surface area contributed by atoms with E-state index >= 15 is 0 Å². The fraction of sp³-hybridized carbons (Fsp3) is 0.385. The van der Waals surface area contributed by atoms with E-state index in [0.717, 1.165) is 4.90 Å². The number of benzene rings is 1. The number of amides is 1. The van der Waals surface area contributed by atoms with E-state index in [1.807, 2.05) is 0 Å². The lowest BCUT2D eigenvalue weighted by molar-refractivity contribution is -0.387. The van der Waals surface area contributed by atoms with Gasteiger partial charge in [-0.25, -0.2) is 4.79 Å². The van der Waals surface area contributed by atoms with Crippen molar-refractivity contribution in [2.24, 2.45) is 0 Å². The summed E-state index contributed by atoms with van der Waals surface area (Å²) < 4.78 is 0. The number of nitrogens with zero attached hydrogens (tertiary/aromatic N) is 2. The molecule has 0 saturated carbocycles. The fourth-order valence-electron chi connectivity index (χ4n) is 1.93. The van der Waals surface area contributed by atoms with Crippen molar-refractivity contribution in [3.8, 4) is 0 Å². The van der Waals surface area contributed by atoms with E-state index in [2.05, 4.69) is 0 Å².